The van der Waals surface area contributed by atoms with Crippen molar-refractivity contribution in [3.05, 3.63) is 18.2 Å². The first-order valence-corrected chi connectivity index (χ1v) is 7.99. The first-order chi connectivity index (χ1) is 8.57. The smallest absolute Gasteiger partial charge is 0.243 e. The van der Waals surface area contributed by atoms with Gasteiger partial charge in [-0.15, -0.1) is 0 Å². The molecule has 96 valence electrons. The molecule has 0 saturated carbocycles. The average Bonchev–Trinajstić information content (AvgIpc) is 2.95. The number of nitrogens with zero attached hydrogens (tertiary/aromatic N) is 2. The first kappa shape index (κ1) is 11.9. The van der Waals surface area contributed by atoms with Crippen molar-refractivity contribution in [3.63, 3.8) is 0 Å². The highest BCUT2D eigenvalue weighted by atomic mass is 32.2. The summed E-state index contributed by atoms with van der Waals surface area (Å²) in [5, 5.41) is 0.459. The predicted molar refractivity (Wildman–Crippen MR) is 72.0 cm³/mol. The Labute approximate surface area is 109 Å². The Hall–Kier alpha value is -1.18. The number of aromatic nitrogens is 1. The highest BCUT2D eigenvalue weighted by Crippen LogP contribution is 2.28. The average molecular weight is 283 g/mol. The van der Waals surface area contributed by atoms with Crippen LogP contribution < -0.4 is 5.73 Å². The number of hydrogen-bond donors (Lipinski definition) is 1. The monoisotopic (exact) mass is 283 g/mol. The van der Waals surface area contributed by atoms with Crippen LogP contribution in [0.4, 0.5) is 5.13 Å². The number of nitrogens with two attached hydrogens (primary N) is 1. The van der Waals surface area contributed by atoms with Crippen LogP contribution in [-0.2, 0) is 10.0 Å². The molecule has 0 spiro atoms. The molecule has 7 heteroatoms. The molecule has 0 amide bonds. The van der Waals surface area contributed by atoms with Crippen molar-refractivity contribution in [1.82, 2.24) is 9.29 Å². The predicted octanol–water partition coefficient (Wildman–Crippen LogP) is 1.66. The molecule has 5 nitrogen and oxygen atoms in total. The molecule has 1 saturated heterocycles. The summed E-state index contributed by atoms with van der Waals surface area (Å²) in [5.41, 5.74) is 6.37. The Morgan fingerprint density at radius 1 is 1.28 bits per heavy atom. The van der Waals surface area contributed by atoms with E-state index in [-0.39, 0.29) is 0 Å². The van der Waals surface area contributed by atoms with Gasteiger partial charge in [-0.25, -0.2) is 13.4 Å². The molecule has 0 aliphatic carbocycles. The van der Waals surface area contributed by atoms with Crippen molar-refractivity contribution in [2.24, 2.45) is 0 Å². The topological polar surface area (TPSA) is 76.3 Å². The fraction of sp³-hybridized carbons (Fsp3) is 0.364. The number of rotatable bonds is 2. The Morgan fingerprint density at radius 3 is 2.72 bits per heavy atom. The van der Waals surface area contributed by atoms with Gasteiger partial charge in [0.1, 0.15) is 0 Å². The van der Waals surface area contributed by atoms with Gasteiger partial charge in [0.2, 0.25) is 10.0 Å². The van der Waals surface area contributed by atoms with Gasteiger partial charge in [-0.3, -0.25) is 0 Å². The van der Waals surface area contributed by atoms with Crippen LogP contribution in [0.1, 0.15) is 12.8 Å². The standard InChI is InChI=1S/C11H13N3O2S2/c12-11-13-9-4-3-8(7-10(9)17-11)18(15,16)14-5-1-2-6-14/h3-4,7H,1-2,5-6H2,(H2,12,13). The molecule has 1 fully saturated rings. The van der Waals surface area contributed by atoms with Crippen LogP contribution in [0.5, 0.6) is 0 Å². The molecule has 1 aromatic heterocycles. The molecule has 18 heavy (non-hydrogen) atoms. The zero-order chi connectivity index (χ0) is 12.8. The van der Waals surface area contributed by atoms with Crippen molar-refractivity contribution in [3.8, 4) is 0 Å². The van der Waals surface area contributed by atoms with E-state index in [2.05, 4.69) is 4.98 Å². The third kappa shape index (κ3) is 1.88. The molecule has 0 radical (unpaired) electrons. The normalized spacial score (nSPS) is 17.6. The zero-order valence-corrected chi connectivity index (χ0v) is 11.3. The second-order valence-electron chi connectivity index (χ2n) is 4.29. The summed E-state index contributed by atoms with van der Waals surface area (Å²) in [6, 6.07) is 4.98. The van der Waals surface area contributed by atoms with Crippen LogP contribution in [0.25, 0.3) is 10.2 Å². The van der Waals surface area contributed by atoms with Crippen LogP contribution >= 0.6 is 11.3 Å². The minimum absolute atomic E-state index is 0.334. The van der Waals surface area contributed by atoms with Crippen LogP contribution in [0.2, 0.25) is 0 Å². The quantitative estimate of drug-likeness (QED) is 0.909. The number of benzene rings is 1. The minimum Gasteiger partial charge on any atom is -0.375 e. The van der Waals surface area contributed by atoms with E-state index >= 15 is 0 Å². The van der Waals surface area contributed by atoms with Gasteiger partial charge in [0.15, 0.2) is 5.13 Å². The van der Waals surface area contributed by atoms with Crippen molar-refractivity contribution >= 4 is 36.7 Å². The molecular weight excluding hydrogens is 270 g/mol. The second kappa shape index (κ2) is 4.18. The third-order valence-corrected chi connectivity index (χ3v) is 5.82. The Bertz CT molecular complexity index is 687. The molecule has 2 heterocycles. The number of fused-ring (bicyclic) bond motifs is 1. The van der Waals surface area contributed by atoms with E-state index in [0.717, 1.165) is 23.1 Å². The lowest BCUT2D eigenvalue weighted by Crippen LogP contribution is -2.27. The number of nitrogen functional groups attached to an aromatic ring is 1. The van der Waals surface area contributed by atoms with Crippen molar-refractivity contribution in [1.29, 1.82) is 0 Å². The molecule has 1 aliphatic rings. The summed E-state index contributed by atoms with van der Waals surface area (Å²) in [6.45, 7) is 1.23. The highest BCUT2D eigenvalue weighted by molar-refractivity contribution is 7.89. The summed E-state index contributed by atoms with van der Waals surface area (Å²) < 4.78 is 27.1. The molecule has 1 aromatic carbocycles. The van der Waals surface area contributed by atoms with Crippen LogP contribution in [0.15, 0.2) is 23.1 Å². The fourth-order valence-electron chi connectivity index (χ4n) is 2.16. The van der Waals surface area contributed by atoms with E-state index < -0.39 is 10.0 Å². The summed E-state index contributed by atoms with van der Waals surface area (Å²) in [5.74, 6) is 0. The molecule has 1 aliphatic heterocycles. The molecule has 0 unspecified atom stereocenters. The number of thiazole rings is 1. The van der Waals surface area contributed by atoms with Crippen LogP contribution in [-0.4, -0.2) is 30.8 Å². The van der Waals surface area contributed by atoms with Crippen molar-refractivity contribution < 1.29 is 8.42 Å². The van der Waals surface area contributed by atoms with Crippen molar-refractivity contribution in [2.45, 2.75) is 17.7 Å². The zero-order valence-electron chi connectivity index (χ0n) is 9.67. The van der Waals surface area contributed by atoms with E-state index in [1.165, 1.54) is 11.3 Å². The van der Waals surface area contributed by atoms with Gasteiger partial charge in [-0.05, 0) is 31.0 Å². The summed E-state index contributed by atoms with van der Waals surface area (Å²) in [4.78, 5) is 4.46. The van der Waals surface area contributed by atoms with Crippen LogP contribution in [0, 0.1) is 0 Å². The van der Waals surface area contributed by atoms with Gasteiger partial charge < -0.3 is 5.73 Å². The molecule has 0 bridgehead atoms. The highest BCUT2D eigenvalue weighted by Gasteiger charge is 2.27. The number of anilines is 1. The molecular formula is C11H13N3O2S2. The molecule has 2 aromatic rings. The van der Waals surface area contributed by atoms with Gasteiger partial charge in [-0.1, -0.05) is 11.3 Å². The maximum absolute atomic E-state index is 12.4. The summed E-state index contributed by atoms with van der Waals surface area (Å²) in [6.07, 6.45) is 1.88. The Kier molecular flexibility index (Phi) is 2.76. The van der Waals surface area contributed by atoms with Gasteiger partial charge in [0, 0.05) is 13.1 Å². The summed E-state index contributed by atoms with van der Waals surface area (Å²) in [7, 11) is -3.35. The maximum atomic E-state index is 12.4. The lowest BCUT2D eigenvalue weighted by Gasteiger charge is -2.15. The molecule has 0 atom stereocenters. The van der Waals surface area contributed by atoms with Gasteiger partial charge in [-0.2, -0.15) is 4.31 Å². The lowest BCUT2D eigenvalue weighted by atomic mass is 10.3. The minimum atomic E-state index is -3.35. The Morgan fingerprint density at radius 2 is 2.00 bits per heavy atom. The van der Waals surface area contributed by atoms with Gasteiger partial charge >= 0.3 is 0 Å². The SMILES string of the molecule is Nc1nc2ccc(S(=O)(=O)N3CCCC3)cc2s1. The fourth-order valence-corrected chi connectivity index (χ4v) is 4.55. The van der Waals surface area contributed by atoms with Crippen LogP contribution in [0.3, 0.4) is 0 Å². The molecule has 3 rings (SSSR count). The number of hydrogen-bond acceptors (Lipinski definition) is 5. The third-order valence-electron chi connectivity index (χ3n) is 3.08. The largest absolute Gasteiger partial charge is 0.375 e. The van der Waals surface area contributed by atoms with Gasteiger partial charge in [0.25, 0.3) is 0 Å². The molecule has 2 N–H and O–H groups in total. The van der Waals surface area contributed by atoms with E-state index in [1.807, 2.05) is 0 Å². The first-order valence-electron chi connectivity index (χ1n) is 5.73. The Balaban J connectivity index is 2.07. The number of sulfonamides is 1. The lowest BCUT2D eigenvalue weighted by molar-refractivity contribution is 0.477. The maximum Gasteiger partial charge on any atom is 0.243 e. The van der Waals surface area contributed by atoms with E-state index in [0.29, 0.717) is 23.1 Å². The summed E-state index contributed by atoms with van der Waals surface area (Å²) >= 11 is 1.31. The second-order valence-corrected chi connectivity index (χ2v) is 7.29. The van der Waals surface area contributed by atoms with E-state index in [4.69, 9.17) is 5.73 Å². The van der Waals surface area contributed by atoms with E-state index in [9.17, 15) is 8.42 Å². The van der Waals surface area contributed by atoms with Gasteiger partial charge in [0.05, 0.1) is 15.1 Å². The van der Waals surface area contributed by atoms with Crippen molar-refractivity contribution in [2.75, 3.05) is 18.8 Å². The van der Waals surface area contributed by atoms with E-state index in [1.54, 1.807) is 22.5 Å².